The number of nitrogen functional groups attached to an aromatic ring is 1. The first-order valence-electron chi connectivity index (χ1n) is 9.85. The highest BCUT2D eigenvalue weighted by molar-refractivity contribution is 7.99. The molecular formula is C17H28N8O5S. The highest BCUT2D eigenvalue weighted by atomic mass is 32.2. The van der Waals surface area contributed by atoms with Crippen LogP contribution in [-0.2, 0) is 9.53 Å². The van der Waals surface area contributed by atoms with Crippen molar-refractivity contribution in [2.75, 3.05) is 35.6 Å². The number of anilines is 2. The molecule has 13 nitrogen and oxygen atoms in total. The molecule has 1 saturated heterocycles. The zero-order valence-corrected chi connectivity index (χ0v) is 17.6. The van der Waals surface area contributed by atoms with Crippen LogP contribution in [0.3, 0.4) is 0 Å². The Morgan fingerprint density at radius 1 is 1.35 bits per heavy atom. The number of carboxylic acid groups (broad SMARTS) is 1. The number of nitrogens with two attached hydrogens (primary N) is 3. The van der Waals surface area contributed by atoms with Gasteiger partial charge in [-0.3, -0.25) is 9.36 Å². The van der Waals surface area contributed by atoms with Gasteiger partial charge < -0.3 is 42.6 Å². The van der Waals surface area contributed by atoms with Crippen molar-refractivity contribution in [1.82, 2.24) is 19.5 Å². The van der Waals surface area contributed by atoms with Crippen LogP contribution in [0.1, 0.15) is 19.1 Å². The number of ether oxygens (including phenoxy) is 1. The van der Waals surface area contributed by atoms with E-state index in [1.165, 1.54) is 22.7 Å². The van der Waals surface area contributed by atoms with Gasteiger partial charge in [0.25, 0.3) is 0 Å². The smallest absolute Gasteiger partial charge is 0.320 e. The minimum Gasteiger partial charge on any atom is -0.480 e. The SMILES string of the molecule is NCCCNc1nc(N)c2ncn(C3OC(CSCCC(N)C(=O)O)C(O)C3O)c2n1. The monoisotopic (exact) mass is 456 g/mol. The largest absolute Gasteiger partial charge is 0.480 e. The first-order chi connectivity index (χ1) is 14.8. The van der Waals surface area contributed by atoms with Gasteiger partial charge >= 0.3 is 5.97 Å². The molecule has 0 bridgehead atoms. The molecule has 3 heterocycles. The molecule has 5 atom stereocenters. The Morgan fingerprint density at radius 2 is 2.13 bits per heavy atom. The summed E-state index contributed by atoms with van der Waals surface area (Å²) in [6.45, 7) is 1.09. The Balaban J connectivity index is 1.69. The third kappa shape index (κ3) is 5.34. The zero-order valence-electron chi connectivity index (χ0n) is 16.8. The lowest BCUT2D eigenvalue weighted by Gasteiger charge is -2.17. The standard InChI is InChI=1S/C17H28N8O5S/c18-3-1-4-21-17-23-13(20)10-14(24-17)25(7-22-10)15-12(27)11(26)9(30-15)6-31-5-2-8(19)16(28)29/h7-9,11-12,15,26-27H,1-6,18-19H2,(H,28,29)(H3,20,21,23,24). The zero-order chi connectivity index (χ0) is 22.5. The molecule has 3 rings (SSSR count). The van der Waals surface area contributed by atoms with Gasteiger partial charge in [-0.25, -0.2) is 4.98 Å². The van der Waals surface area contributed by atoms with Gasteiger partial charge in [0, 0.05) is 12.3 Å². The summed E-state index contributed by atoms with van der Waals surface area (Å²) in [6.07, 6.45) is -1.48. The number of rotatable bonds is 11. The third-order valence-electron chi connectivity index (χ3n) is 4.90. The van der Waals surface area contributed by atoms with Crippen molar-refractivity contribution < 1.29 is 24.9 Å². The molecule has 14 heteroatoms. The van der Waals surface area contributed by atoms with E-state index in [9.17, 15) is 15.0 Å². The number of aliphatic carboxylic acids is 1. The molecule has 1 fully saturated rings. The quantitative estimate of drug-likeness (QED) is 0.188. The molecule has 172 valence electrons. The van der Waals surface area contributed by atoms with E-state index in [0.29, 0.717) is 41.7 Å². The van der Waals surface area contributed by atoms with Gasteiger partial charge in [0.05, 0.1) is 12.4 Å². The maximum absolute atomic E-state index is 10.8. The molecule has 1 aliphatic heterocycles. The number of thioether (sulfide) groups is 1. The number of aliphatic hydroxyl groups excluding tert-OH is 2. The number of hydrogen-bond acceptors (Lipinski definition) is 12. The van der Waals surface area contributed by atoms with E-state index in [2.05, 4.69) is 20.3 Å². The number of nitrogens with one attached hydrogen (secondary N) is 1. The second-order valence-corrected chi connectivity index (χ2v) is 8.33. The number of nitrogens with zero attached hydrogens (tertiary/aromatic N) is 4. The van der Waals surface area contributed by atoms with Gasteiger partial charge in [-0.05, 0) is 25.1 Å². The van der Waals surface area contributed by atoms with Crippen molar-refractivity contribution in [2.45, 2.75) is 43.4 Å². The Labute approximate surface area is 182 Å². The van der Waals surface area contributed by atoms with Gasteiger partial charge in [0.1, 0.15) is 23.8 Å². The first kappa shape index (κ1) is 23.4. The van der Waals surface area contributed by atoms with Crippen LogP contribution < -0.4 is 22.5 Å². The van der Waals surface area contributed by atoms with E-state index in [0.717, 1.165) is 6.42 Å². The van der Waals surface area contributed by atoms with Crippen LogP contribution in [-0.4, -0.2) is 89.8 Å². The second kappa shape index (κ2) is 10.4. The van der Waals surface area contributed by atoms with E-state index in [4.69, 9.17) is 27.0 Å². The van der Waals surface area contributed by atoms with Crippen LogP contribution in [0, 0.1) is 0 Å². The molecule has 0 aliphatic carbocycles. The average molecular weight is 457 g/mol. The minimum absolute atomic E-state index is 0.175. The molecule has 10 N–H and O–H groups in total. The van der Waals surface area contributed by atoms with Crippen molar-refractivity contribution >= 4 is 40.7 Å². The number of aromatic nitrogens is 4. The maximum Gasteiger partial charge on any atom is 0.320 e. The van der Waals surface area contributed by atoms with Gasteiger partial charge in [0.15, 0.2) is 17.7 Å². The number of fused-ring (bicyclic) bond motifs is 1. The van der Waals surface area contributed by atoms with Crippen molar-refractivity contribution in [3.63, 3.8) is 0 Å². The topological polar surface area (TPSA) is 221 Å². The Bertz CT molecular complexity index is 899. The molecule has 0 amide bonds. The molecule has 2 aromatic rings. The summed E-state index contributed by atoms with van der Waals surface area (Å²) in [5.74, 6) is 0.259. The van der Waals surface area contributed by atoms with E-state index >= 15 is 0 Å². The van der Waals surface area contributed by atoms with Crippen LogP contribution >= 0.6 is 11.8 Å². The molecule has 0 radical (unpaired) electrons. The first-order valence-corrected chi connectivity index (χ1v) is 11.0. The van der Waals surface area contributed by atoms with Crippen molar-refractivity contribution in [3.05, 3.63) is 6.33 Å². The van der Waals surface area contributed by atoms with Crippen molar-refractivity contribution in [2.24, 2.45) is 11.5 Å². The van der Waals surface area contributed by atoms with E-state index in [1.807, 2.05) is 0 Å². The molecule has 5 unspecified atom stereocenters. The summed E-state index contributed by atoms with van der Waals surface area (Å²) in [5.41, 5.74) is 17.7. The fourth-order valence-corrected chi connectivity index (χ4v) is 4.23. The fraction of sp³-hybridized carbons (Fsp3) is 0.647. The molecule has 0 saturated carbocycles. The average Bonchev–Trinajstić information content (AvgIpc) is 3.27. The van der Waals surface area contributed by atoms with Crippen LogP contribution in [0.25, 0.3) is 11.2 Å². The minimum atomic E-state index is -1.21. The Hall–Kier alpha value is -2.23. The molecule has 2 aromatic heterocycles. The molecule has 1 aliphatic rings. The predicted octanol–water partition coefficient (Wildman–Crippen LogP) is -1.68. The highest BCUT2D eigenvalue weighted by Crippen LogP contribution is 2.33. The number of carboxylic acids is 1. The lowest BCUT2D eigenvalue weighted by Crippen LogP contribution is -2.33. The summed E-state index contributed by atoms with van der Waals surface area (Å²) < 4.78 is 7.40. The highest BCUT2D eigenvalue weighted by Gasteiger charge is 2.44. The molecule has 0 aromatic carbocycles. The summed E-state index contributed by atoms with van der Waals surface area (Å²) in [4.78, 5) is 23.6. The number of imidazole rings is 1. The Kier molecular flexibility index (Phi) is 7.85. The fourth-order valence-electron chi connectivity index (χ4n) is 3.14. The molecular weight excluding hydrogens is 428 g/mol. The van der Waals surface area contributed by atoms with Crippen molar-refractivity contribution in [3.8, 4) is 0 Å². The van der Waals surface area contributed by atoms with Crippen LogP contribution in [0.4, 0.5) is 11.8 Å². The van der Waals surface area contributed by atoms with Gasteiger partial charge in [0.2, 0.25) is 5.95 Å². The number of aliphatic hydroxyl groups is 2. The Morgan fingerprint density at radius 3 is 2.84 bits per heavy atom. The van der Waals surface area contributed by atoms with E-state index < -0.39 is 36.6 Å². The van der Waals surface area contributed by atoms with Crippen LogP contribution in [0.15, 0.2) is 6.33 Å². The second-order valence-electron chi connectivity index (χ2n) is 7.18. The van der Waals surface area contributed by atoms with Gasteiger partial charge in [-0.1, -0.05) is 0 Å². The summed E-state index contributed by atoms with van der Waals surface area (Å²) in [6, 6.07) is -0.935. The normalized spacial score (nSPS) is 24.5. The van der Waals surface area contributed by atoms with Gasteiger partial charge in [-0.15, -0.1) is 0 Å². The summed E-state index contributed by atoms with van der Waals surface area (Å²) >= 11 is 1.39. The van der Waals surface area contributed by atoms with Crippen LogP contribution in [0.5, 0.6) is 0 Å². The van der Waals surface area contributed by atoms with E-state index in [1.54, 1.807) is 0 Å². The number of hydrogen-bond donors (Lipinski definition) is 7. The maximum atomic E-state index is 10.8. The lowest BCUT2D eigenvalue weighted by molar-refractivity contribution is -0.138. The molecule has 0 spiro atoms. The number of carbonyl (C=O) groups is 1. The van der Waals surface area contributed by atoms with Crippen molar-refractivity contribution in [1.29, 1.82) is 0 Å². The van der Waals surface area contributed by atoms with Gasteiger partial charge in [-0.2, -0.15) is 21.7 Å². The summed E-state index contributed by atoms with van der Waals surface area (Å²) in [5, 5.41) is 32.8. The van der Waals surface area contributed by atoms with Crippen LogP contribution in [0.2, 0.25) is 0 Å². The lowest BCUT2D eigenvalue weighted by atomic mass is 10.1. The summed E-state index contributed by atoms with van der Waals surface area (Å²) in [7, 11) is 0. The molecule has 31 heavy (non-hydrogen) atoms. The predicted molar refractivity (Wildman–Crippen MR) is 115 cm³/mol. The third-order valence-corrected chi connectivity index (χ3v) is 5.98. The van der Waals surface area contributed by atoms with E-state index in [-0.39, 0.29) is 12.2 Å².